The van der Waals surface area contributed by atoms with Crippen LogP contribution in [0.2, 0.25) is 0 Å². The maximum atomic E-state index is 14.4. The van der Waals surface area contributed by atoms with Crippen LogP contribution < -0.4 is 10.2 Å². The molecule has 168 valence electrons. The molecule has 1 aromatic carbocycles. The van der Waals surface area contributed by atoms with Gasteiger partial charge in [0, 0.05) is 31.7 Å². The van der Waals surface area contributed by atoms with Crippen LogP contribution in [0.25, 0.3) is 0 Å². The van der Waals surface area contributed by atoms with E-state index < -0.39 is 11.7 Å². The Labute approximate surface area is 186 Å². The number of likely N-dealkylation sites (tertiary alicyclic amines) is 1. The second kappa shape index (κ2) is 9.06. The van der Waals surface area contributed by atoms with Gasteiger partial charge in [0.1, 0.15) is 11.6 Å². The molecule has 2 unspecified atom stereocenters. The Morgan fingerprint density at radius 3 is 2.69 bits per heavy atom. The van der Waals surface area contributed by atoms with Crippen LogP contribution in [-0.4, -0.2) is 47.2 Å². The van der Waals surface area contributed by atoms with Crippen molar-refractivity contribution >= 4 is 29.2 Å². The van der Waals surface area contributed by atoms with E-state index in [1.807, 2.05) is 19.1 Å². The molecule has 0 bridgehead atoms. The molecule has 4 rings (SSSR count). The molecule has 7 nitrogen and oxygen atoms in total. The standard InChI is InChI=1S/C24H27FN4O3/c1-15-8-9-20(19(25)11-15)29-14-18(12-22(29)30)24(32)28-10-4-6-17(13-28)23(31)27-21-7-3-5-16(2)26-21/h3,5,7-9,11,17-18H,4,6,10,12-14H2,1-2H3,(H,26,27,31). The van der Waals surface area contributed by atoms with Crippen molar-refractivity contribution in [1.29, 1.82) is 0 Å². The van der Waals surface area contributed by atoms with E-state index in [0.29, 0.717) is 31.7 Å². The molecule has 2 atom stereocenters. The van der Waals surface area contributed by atoms with Crippen molar-refractivity contribution in [2.24, 2.45) is 11.8 Å². The quantitative estimate of drug-likeness (QED) is 0.795. The van der Waals surface area contributed by atoms with E-state index in [1.54, 1.807) is 30.0 Å². The summed E-state index contributed by atoms with van der Waals surface area (Å²) in [4.78, 5) is 45.7. The normalized spacial score (nSPS) is 21.0. The molecular formula is C24H27FN4O3. The number of carbonyl (C=O) groups excluding carboxylic acids is 3. The Kier molecular flexibility index (Phi) is 6.21. The van der Waals surface area contributed by atoms with E-state index in [4.69, 9.17) is 0 Å². The first-order valence-electron chi connectivity index (χ1n) is 10.9. The van der Waals surface area contributed by atoms with E-state index in [2.05, 4.69) is 10.3 Å². The zero-order valence-corrected chi connectivity index (χ0v) is 18.3. The van der Waals surface area contributed by atoms with Crippen molar-refractivity contribution in [3.8, 4) is 0 Å². The summed E-state index contributed by atoms with van der Waals surface area (Å²) in [5.74, 6) is -1.42. The van der Waals surface area contributed by atoms with Gasteiger partial charge in [0.25, 0.3) is 0 Å². The van der Waals surface area contributed by atoms with Gasteiger partial charge >= 0.3 is 0 Å². The van der Waals surface area contributed by atoms with Gasteiger partial charge in [0.2, 0.25) is 17.7 Å². The number of piperidine rings is 1. The van der Waals surface area contributed by atoms with Gasteiger partial charge in [-0.15, -0.1) is 0 Å². The van der Waals surface area contributed by atoms with Crippen LogP contribution in [0.3, 0.4) is 0 Å². The lowest BCUT2D eigenvalue weighted by Gasteiger charge is -2.33. The largest absolute Gasteiger partial charge is 0.342 e. The highest BCUT2D eigenvalue weighted by molar-refractivity contribution is 6.00. The molecule has 2 aliphatic heterocycles. The summed E-state index contributed by atoms with van der Waals surface area (Å²) in [5, 5.41) is 2.84. The Bertz CT molecular complexity index is 1060. The first-order valence-corrected chi connectivity index (χ1v) is 10.9. The van der Waals surface area contributed by atoms with Crippen LogP contribution in [0, 0.1) is 31.5 Å². The third-order valence-corrected chi connectivity index (χ3v) is 6.11. The number of nitrogens with zero attached hydrogens (tertiary/aromatic N) is 3. The summed E-state index contributed by atoms with van der Waals surface area (Å²) in [6.07, 6.45) is 1.44. The smallest absolute Gasteiger partial charge is 0.230 e. The van der Waals surface area contributed by atoms with Crippen molar-refractivity contribution < 1.29 is 18.8 Å². The molecule has 0 saturated carbocycles. The molecule has 2 aliphatic rings. The van der Waals surface area contributed by atoms with Gasteiger partial charge in [0.15, 0.2) is 0 Å². The topological polar surface area (TPSA) is 82.6 Å². The fourth-order valence-corrected chi connectivity index (χ4v) is 4.43. The molecule has 32 heavy (non-hydrogen) atoms. The summed E-state index contributed by atoms with van der Waals surface area (Å²) in [6, 6.07) is 10.1. The molecule has 3 amide bonds. The monoisotopic (exact) mass is 438 g/mol. The number of nitrogens with one attached hydrogen (secondary N) is 1. The Balaban J connectivity index is 1.40. The lowest BCUT2D eigenvalue weighted by Crippen LogP contribution is -2.46. The van der Waals surface area contributed by atoms with E-state index in [1.165, 1.54) is 11.0 Å². The summed E-state index contributed by atoms with van der Waals surface area (Å²) in [7, 11) is 0. The van der Waals surface area contributed by atoms with Crippen LogP contribution in [0.5, 0.6) is 0 Å². The molecular weight excluding hydrogens is 411 g/mol. The molecule has 1 aromatic heterocycles. The van der Waals surface area contributed by atoms with Crippen molar-refractivity contribution in [1.82, 2.24) is 9.88 Å². The minimum absolute atomic E-state index is 0.0483. The van der Waals surface area contributed by atoms with Gasteiger partial charge in [-0.1, -0.05) is 12.1 Å². The zero-order valence-electron chi connectivity index (χ0n) is 18.3. The van der Waals surface area contributed by atoms with E-state index in [0.717, 1.165) is 11.3 Å². The second-order valence-corrected chi connectivity index (χ2v) is 8.64. The van der Waals surface area contributed by atoms with Crippen LogP contribution in [0.1, 0.15) is 30.5 Å². The fraction of sp³-hybridized carbons (Fsp3) is 0.417. The average molecular weight is 439 g/mol. The first kappa shape index (κ1) is 21.9. The van der Waals surface area contributed by atoms with Crippen LogP contribution in [0.15, 0.2) is 36.4 Å². The molecule has 3 heterocycles. The number of carbonyl (C=O) groups is 3. The lowest BCUT2D eigenvalue weighted by molar-refractivity contribution is -0.138. The Hall–Kier alpha value is -3.29. The van der Waals surface area contributed by atoms with E-state index >= 15 is 0 Å². The van der Waals surface area contributed by atoms with Gasteiger partial charge in [-0.05, 0) is 56.5 Å². The number of amides is 3. The summed E-state index contributed by atoms with van der Waals surface area (Å²) >= 11 is 0. The van der Waals surface area contributed by atoms with Gasteiger partial charge in [0.05, 0.1) is 17.5 Å². The highest BCUT2D eigenvalue weighted by Crippen LogP contribution is 2.30. The van der Waals surface area contributed by atoms with Crippen LogP contribution in [-0.2, 0) is 14.4 Å². The zero-order chi connectivity index (χ0) is 22.8. The summed E-state index contributed by atoms with van der Waals surface area (Å²) in [6.45, 7) is 4.64. The molecule has 0 aliphatic carbocycles. The fourth-order valence-electron chi connectivity index (χ4n) is 4.43. The third-order valence-electron chi connectivity index (χ3n) is 6.11. The van der Waals surface area contributed by atoms with Crippen molar-refractivity contribution in [2.75, 3.05) is 29.9 Å². The number of aromatic nitrogens is 1. The molecule has 0 spiro atoms. The third kappa shape index (κ3) is 4.64. The number of aryl methyl sites for hydroxylation is 2. The number of hydrogen-bond acceptors (Lipinski definition) is 4. The van der Waals surface area contributed by atoms with E-state index in [9.17, 15) is 18.8 Å². The number of halogens is 1. The highest BCUT2D eigenvalue weighted by atomic mass is 19.1. The minimum atomic E-state index is -0.538. The molecule has 2 aromatic rings. The van der Waals surface area contributed by atoms with Gasteiger partial charge in [-0.3, -0.25) is 14.4 Å². The highest BCUT2D eigenvalue weighted by Gasteiger charge is 2.39. The summed E-state index contributed by atoms with van der Waals surface area (Å²) in [5.41, 5.74) is 1.78. The maximum absolute atomic E-state index is 14.4. The molecule has 0 radical (unpaired) electrons. The number of benzene rings is 1. The predicted octanol–water partition coefficient (Wildman–Crippen LogP) is 3.07. The SMILES string of the molecule is Cc1ccc(N2CC(C(=O)N3CCCC(C(=O)Nc4cccc(C)n4)C3)CC2=O)c(F)c1. The number of anilines is 2. The summed E-state index contributed by atoms with van der Waals surface area (Å²) < 4.78 is 14.4. The second-order valence-electron chi connectivity index (χ2n) is 8.64. The average Bonchev–Trinajstić information content (AvgIpc) is 3.14. The lowest BCUT2D eigenvalue weighted by atomic mass is 9.95. The molecule has 2 saturated heterocycles. The van der Waals surface area contributed by atoms with Crippen molar-refractivity contribution in [2.45, 2.75) is 33.1 Å². The van der Waals surface area contributed by atoms with Gasteiger partial charge in [-0.25, -0.2) is 9.37 Å². The number of rotatable bonds is 4. The van der Waals surface area contributed by atoms with Crippen molar-refractivity contribution in [3.63, 3.8) is 0 Å². The van der Waals surface area contributed by atoms with Crippen LogP contribution >= 0.6 is 0 Å². The minimum Gasteiger partial charge on any atom is -0.342 e. The van der Waals surface area contributed by atoms with Crippen molar-refractivity contribution in [3.05, 3.63) is 53.5 Å². The predicted molar refractivity (Wildman–Crippen MR) is 119 cm³/mol. The Morgan fingerprint density at radius 1 is 1.12 bits per heavy atom. The molecule has 2 fully saturated rings. The Morgan fingerprint density at radius 2 is 1.94 bits per heavy atom. The number of hydrogen-bond donors (Lipinski definition) is 1. The molecule has 8 heteroatoms. The van der Waals surface area contributed by atoms with Gasteiger partial charge < -0.3 is 15.1 Å². The number of pyridine rings is 1. The molecule has 1 N–H and O–H groups in total. The van der Waals surface area contributed by atoms with Crippen LogP contribution in [0.4, 0.5) is 15.9 Å². The maximum Gasteiger partial charge on any atom is 0.230 e. The van der Waals surface area contributed by atoms with E-state index in [-0.39, 0.29) is 42.3 Å². The van der Waals surface area contributed by atoms with Gasteiger partial charge in [-0.2, -0.15) is 0 Å². The first-order chi connectivity index (χ1) is 15.3.